The van der Waals surface area contributed by atoms with Crippen LogP contribution in [0.4, 0.5) is 13.2 Å². The number of hydrogen-bond donors (Lipinski definition) is 2. The highest BCUT2D eigenvalue weighted by Gasteiger charge is 2.30. The highest BCUT2D eigenvalue weighted by molar-refractivity contribution is 5.77. The van der Waals surface area contributed by atoms with Crippen LogP contribution in [-0.4, -0.2) is 34.3 Å². The summed E-state index contributed by atoms with van der Waals surface area (Å²) in [5.74, 6) is 0.251. The molecule has 0 saturated carbocycles. The van der Waals surface area contributed by atoms with Gasteiger partial charge < -0.3 is 15.2 Å². The first-order valence-corrected chi connectivity index (χ1v) is 10.9. The summed E-state index contributed by atoms with van der Waals surface area (Å²) < 4.78 is 45.2. The maximum Gasteiger partial charge on any atom is 0.416 e. The minimum absolute atomic E-state index is 0.0365. The van der Waals surface area contributed by atoms with E-state index in [9.17, 15) is 27.9 Å². The van der Waals surface area contributed by atoms with E-state index >= 15 is 0 Å². The van der Waals surface area contributed by atoms with Crippen LogP contribution in [-0.2, 0) is 23.9 Å². The number of amides is 1. The molecule has 0 spiro atoms. The Morgan fingerprint density at radius 2 is 1.77 bits per heavy atom. The van der Waals surface area contributed by atoms with Gasteiger partial charge in [0, 0.05) is 29.8 Å². The summed E-state index contributed by atoms with van der Waals surface area (Å²) in [6.45, 7) is 2.67. The quantitative estimate of drug-likeness (QED) is 0.504. The zero-order chi connectivity index (χ0) is 25.8. The van der Waals surface area contributed by atoms with E-state index in [4.69, 9.17) is 4.74 Å². The molecule has 2 aromatic carbocycles. The largest absolute Gasteiger partial charge is 0.497 e. The Bertz CT molecular complexity index is 1240. The first-order valence-electron chi connectivity index (χ1n) is 10.9. The number of carbonyl (C=O) groups excluding carboxylic acids is 1. The molecular weight excluding hydrogens is 463 g/mol. The Balaban J connectivity index is 1.95. The lowest BCUT2D eigenvalue weighted by Crippen LogP contribution is -2.36. The average molecular weight is 489 g/mol. The molecule has 0 aliphatic carbocycles. The third kappa shape index (κ3) is 6.07. The predicted molar refractivity (Wildman–Crippen MR) is 124 cm³/mol. The fourth-order valence-electron chi connectivity index (χ4n) is 3.68. The van der Waals surface area contributed by atoms with Gasteiger partial charge >= 0.3 is 6.18 Å². The number of ether oxygens (including phenoxy) is 1. The van der Waals surface area contributed by atoms with Gasteiger partial charge in [0.1, 0.15) is 18.1 Å². The van der Waals surface area contributed by atoms with Gasteiger partial charge in [-0.05, 0) is 43.7 Å². The molecular formula is C25H26F3N3O4. The van der Waals surface area contributed by atoms with Gasteiger partial charge in [-0.25, -0.2) is 4.98 Å². The van der Waals surface area contributed by atoms with Crippen LogP contribution in [0, 0.1) is 6.92 Å². The number of alkyl halides is 3. The molecule has 1 aromatic heterocycles. The maximum atomic E-state index is 13.2. The molecule has 0 aliphatic rings. The molecule has 35 heavy (non-hydrogen) atoms. The first kappa shape index (κ1) is 26.0. The van der Waals surface area contributed by atoms with E-state index in [0.717, 1.165) is 22.3 Å². The Morgan fingerprint density at radius 3 is 2.31 bits per heavy atom. The van der Waals surface area contributed by atoms with Crippen LogP contribution in [0.25, 0.3) is 11.4 Å². The fraction of sp³-hybridized carbons (Fsp3) is 0.320. The number of aliphatic hydroxyl groups is 1. The van der Waals surface area contributed by atoms with Gasteiger partial charge in [0.05, 0.1) is 18.7 Å². The number of aryl methyl sites for hydroxylation is 1. The van der Waals surface area contributed by atoms with Gasteiger partial charge in [0.25, 0.3) is 5.56 Å². The van der Waals surface area contributed by atoms with Crippen molar-refractivity contribution in [3.8, 4) is 17.1 Å². The second-order valence-electron chi connectivity index (χ2n) is 8.00. The summed E-state index contributed by atoms with van der Waals surface area (Å²) in [7, 11) is 1.55. The number of carbonyl (C=O) groups is 1. The Labute approximate surface area is 200 Å². The van der Waals surface area contributed by atoms with Crippen molar-refractivity contribution in [2.24, 2.45) is 0 Å². The zero-order valence-electron chi connectivity index (χ0n) is 19.5. The van der Waals surface area contributed by atoms with Crippen LogP contribution < -0.4 is 15.6 Å². The van der Waals surface area contributed by atoms with Gasteiger partial charge in [0.15, 0.2) is 0 Å². The van der Waals surface area contributed by atoms with Crippen molar-refractivity contribution in [3.63, 3.8) is 0 Å². The van der Waals surface area contributed by atoms with E-state index in [1.165, 1.54) is 12.1 Å². The number of aliphatic hydroxyl groups excluding tert-OH is 1. The molecule has 0 saturated heterocycles. The highest BCUT2D eigenvalue weighted by Crippen LogP contribution is 2.30. The molecule has 0 radical (unpaired) electrons. The van der Waals surface area contributed by atoms with Gasteiger partial charge in [0.2, 0.25) is 5.91 Å². The summed E-state index contributed by atoms with van der Waals surface area (Å²) >= 11 is 0. The standard InChI is InChI=1S/C25H26F3N3O4/c1-15(17-6-10-20(35-3)11-7-17)29-22(33)14-31-23(30-16(2)21(12-13-32)24(31)34)18-4-8-19(9-5-18)25(26,27)28/h4-11,15,32H,12-14H2,1-3H3,(H,29,33)/t15-/m1/s1. The number of rotatable bonds is 8. The highest BCUT2D eigenvalue weighted by atomic mass is 19.4. The average Bonchev–Trinajstić information content (AvgIpc) is 2.83. The van der Waals surface area contributed by atoms with Crippen LogP contribution in [0.5, 0.6) is 5.75 Å². The molecule has 10 heteroatoms. The molecule has 3 rings (SSSR count). The molecule has 0 aliphatic heterocycles. The van der Waals surface area contributed by atoms with Crippen LogP contribution in [0.1, 0.15) is 35.3 Å². The molecule has 1 atom stereocenters. The number of nitrogens with one attached hydrogen (secondary N) is 1. The summed E-state index contributed by atoms with van der Waals surface area (Å²) in [5, 5.41) is 12.2. The molecule has 186 valence electrons. The topological polar surface area (TPSA) is 93.4 Å². The normalized spacial score (nSPS) is 12.3. The first-order chi connectivity index (χ1) is 16.5. The van der Waals surface area contributed by atoms with Gasteiger partial charge in [-0.3, -0.25) is 14.2 Å². The van der Waals surface area contributed by atoms with Crippen LogP contribution >= 0.6 is 0 Å². The van der Waals surface area contributed by atoms with Crippen LogP contribution in [0.2, 0.25) is 0 Å². The molecule has 1 heterocycles. The van der Waals surface area contributed by atoms with Crippen molar-refractivity contribution in [1.29, 1.82) is 0 Å². The minimum Gasteiger partial charge on any atom is -0.497 e. The molecule has 0 bridgehead atoms. The summed E-state index contributed by atoms with van der Waals surface area (Å²) in [4.78, 5) is 30.5. The number of methoxy groups -OCH3 is 1. The lowest BCUT2D eigenvalue weighted by atomic mass is 10.1. The second kappa shape index (κ2) is 10.7. The fourth-order valence-corrected chi connectivity index (χ4v) is 3.68. The molecule has 0 unspecified atom stereocenters. The van der Waals surface area contributed by atoms with E-state index in [-0.39, 0.29) is 36.0 Å². The van der Waals surface area contributed by atoms with Crippen molar-refractivity contribution < 1.29 is 27.8 Å². The Hall–Kier alpha value is -3.66. The number of halogens is 3. The van der Waals surface area contributed by atoms with E-state index in [0.29, 0.717) is 11.4 Å². The maximum absolute atomic E-state index is 13.2. The smallest absolute Gasteiger partial charge is 0.416 e. The Morgan fingerprint density at radius 1 is 1.14 bits per heavy atom. The molecule has 0 fully saturated rings. The lowest BCUT2D eigenvalue weighted by molar-refractivity contribution is -0.137. The Kier molecular flexibility index (Phi) is 7.96. The number of benzene rings is 2. The zero-order valence-corrected chi connectivity index (χ0v) is 19.5. The number of nitrogens with zero attached hydrogens (tertiary/aromatic N) is 2. The van der Waals surface area contributed by atoms with Gasteiger partial charge in [-0.15, -0.1) is 0 Å². The van der Waals surface area contributed by atoms with E-state index in [2.05, 4.69) is 10.3 Å². The third-order valence-corrected chi connectivity index (χ3v) is 5.60. The number of hydrogen-bond acceptors (Lipinski definition) is 5. The van der Waals surface area contributed by atoms with E-state index in [1.807, 2.05) is 0 Å². The molecule has 2 N–H and O–H groups in total. The van der Waals surface area contributed by atoms with Crippen molar-refractivity contribution in [3.05, 3.63) is 81.3 Å². The minimum atomic E-state index is -4.51. The third-order valence-electron chi connectivity index (χ3n) is 5.60. The molecule has 1 amide bonds. The summed E-state index contributed by atoms with van der Waals surface area (Å²) in [5.41, 5.74) is 0.270. The SMILES string of the molecule is COc1ccc([C@@H](C)NC(=O)Cn2c(-c3ccc(C(F)(F)F)cc3)nc(C)c(CCO)c2=O)cc1. The molecule has 7 nitrogen and oxygen atoms in total. The predicted octanol–water partition coefficient (Wildman–Crippen LogP) is 3.66. The van der Waals surface area contributed by atoms with E-state index < -0.39 is 29.8 Å². The van der Waals surface area contributed by atoms with Crippen molar-refractivity contribution in [2.45, 2.75) is 39.0 Å². The van der Waals surface area contributed by atoms with Crippen LogP contribution in [0.3, 0.4) is 0 Å². The number of aromatic nitrogens is 2. The van der Waals surface area contributed by atoms with E-state index in [1.54, 1.807) is 45.2 Å². The molecule has 3 aromatic rings. The monoisotopic (exact) mass is 489 g/mol. The lowest BCUT2D eigenvalue weighted by Gasteiger charge is -2.18. The second-order valence-corrected chi connectivity index (χ2v) is 8.00. The van der Waals surface area contributed by atoms with Crippen molar-refractivity contribution in [2.75, 3.05) is 13.7 Å². The van der Waals surface area contributed by atoms with Gasteiger partial charge in [-0.1, -0.05) is 24.3 Å². The van der Waals surface area contributed by atoms with Crippen molar-refractivity contribution in [1.82, 2.24) is 14.9 Å². The summed E-state index contributed by atoms with van der Waals surface area (Å²) in [6, 6.07) is 11.0. The summed E-state index contributed by atoms with van der Waals surface area (Å²) in [6.07, 6.45) is -4.47. The van der Waals surface area contributed by atoms with Crippen LogP contribution in [0.15, 0.2) is 53.3 Å². The van der Waals surface area contributed by atoms with Gasteiger partial charge in [-0.2, -0.15) is 13.2 Å². The van der Waals surface area contributed by atoms with Crippen molar-refractivity contribution >= 4 is 5.91 Å².